The van der Waals surface area contributed by atoms with Crippen molar-refractivity contribution in [3.63, 3.8) is 0 Å². The Balaban J connectivity index is 2.53. The standard InChI is InChI=1S/C5H2BrN7/c6-5-10-4(12-13-5)2-3(11-7)9-1-8-2/h1,7H/p+1. The summed E-state index contributed by atoms with van der Waals surface area (Å²) in [5.74, 6) is 0.545. The van der Waals surface area contributed by atoms with Crippen molar-refractivity contribution in [2.75, 3.05) is 0 Å². The first-order chi connectivity index (χ1) is 6.31. The van der Waals surface area contributed by atoms with Crippen molar-refractivity contribution >= 4 is 21.7 Å². The van der Waals surface area contributed by atoms with Crippen LogP contribution in [0.5, 0.6) is 0 Å². The lowest BCUT2D eigenvalue weighted by molar-refractivity contribution is 1.07. The van der Waals surface area contributed by atoms with Crippen molar-refractivity contribution in [2.24, 2.45) is 0 Å². The molecule has 64 valence electrons. The van der Waals surface area contributed by atoms with E-state index in [0.717, 1.165) is 0 Å². The number of halogens is 1. The molecule has 0 radical (unpaired) electrons. The third kappa shape index (κ3) is 1.29. The highest BCUT2D eigenvalue weighted by molar-refractivity contribution is 9.10. The van der Waals surface area contributed by atoms with Gasteiger partial charge in [-0.25, -0.2) is 0 Å². The molecule has 2 aromatic rings. The summed E-state index contributed by atoms with van der Waals surface area (Å²) >= 11 is 3.11. The lowest BCUT2D eigenvalue weighted by atomic mass is 10.4. The molecule has 0 aliphatic rings. The summed E-state index contributed by atoms with van der Waals surface area (Å²) in [4.78, 5) is 13.4. The van der Waals surface area contributed by atoms with Crippen molar-refractivity contribution in [3.05, 3.63) is 16.0 Å². The van der Waals surface area contributed by atoms with E-state index >= 15 is 0 Å². The van der Waals surface area contributed by atoms with Gasteiger partial charge in [-0.15, -0.1) is 0 Å². The van der Waals surface area contributed by atoms with E-state index in [4.69, 9.17) is 5.39 Å². The minimum absolute atomic E-state index is 0.159. The van der Waals surface area contributed by atoms with Gasteiger partial charge in [0.25, 0.3) is 0 Å². The molecule has 13 heavy (non-hydrogen) atoms. The maximum absolute atomic E-state index is 8.54. The van der Waals surface area contributed by atoms with Crippen LogP contribution in [-0.2, 0) is 0 Å². The van der Waals surface area contributed by atoms with E-state index in [2.05, 4.69) is 46.1 Å². The molecule has 0 bridgehead atoms. The van der Waals surface area contributed by atoms with Gasteiger partial charge in [0.15, 0.2) is 4.73 Å². The summed E-state index contributed by atoms with van der Waals surface area (Å²) in [5.41, 5.74) is 0.462. The highest BCUT2D eigenvalue weighted by Gasteiger charge is 2.21. The number of H-pyrrole nitrogens is 2. The number of aromatic nitrogens is 5. The molecule has 0 saturated heterocycles. The van der Waals surface area contributed by atoms with Crippen LogP contribution in [0.1, 0.15) is 0 Å². The minimum atomic E-state index is 0.159. The summed E-state index contributed by atoms with van der Waals surface area (Å²) < 4.78 is 0.501. The number of imidazole rings is 1. The van der Waals surface area contributed by atoms with Crippen molar-refractivity contribution in [3.8, 4) is 11.5 Å². The van der Waals surface area contributed by atoms with Crippen molar-refractivity contribution in [1.29, 1.82) is 5.39 Å². The summed E-state index contributed by atoms with van der Waals surface area (Å²) in [6.07, 6.45) is 1.40. The van der Waals surface area contributed by atoms with E-state index in [9.17, 15) is 0 Å². The Bertz CT molecular complexity index is 463. The Morgan fingerprint density at radius 3 is 3.00 bits per heavy atom. The molecule has 0 atom stereocenters. The number of diazo groups is 1. The van der Waals surface area contributed by atoms with Gasteiger partial charge in [0.05, 0.1) is 5.39 Å². The molecule has 0 saturated carbocycles. The molecule has 7 nitrogen and oxygen atoms in total. The van der Waals surface area contributed by atoms with Crippen LogP contribution < -0.4 is 0 Å². The van der Waals surface area contributed by atoms with Gasteiger partial charge in [-0.05, 0) is 20.9 Å². The Kier molecular flexibility index (Phi) is 1.79. The topological polar surface area (TPSA) is 98.4 Å². The second kappa shape index (κ2) is 2.95. The third-order valence-corrected chi connectivity index (χ3v) is 1.75. The molecule has 2 rings (SSSR count). The molecule has 0 unspecified atom stereocenters. The van der Waals surface area contributed by atoms with E-state index in [1.165, 1.54) is 6.33 Å². The third-order valence-electron chi connectivity index (χ3n) is 1.40. The largest absolute Gasteiger partial charge is 0.493 e. The van der Waals surface area contributed by atoms with Crippen molar-refractivity contribution in [1.82, 2.24) is 25.1 Å². The molecular formula is C5H3BrN7+. The van der Waals surface area contributed by atoms with Crippen molar-refractivity contribution in [2.45, 2.75) is 0 Å². The fraction of sp³-hybridized carbons (Fsp3) is 0. The Labute approximate surface area is 80.4 Å². The SMILES string of the molecule is N#[N+]c1nc[nH]c1-c1n[nH]c(Br)n1. The average Bonchev–Trinajstić information content (AvgIpc) is 2.71. The zero-order chi connectivity index (χ0) is 9.26. The van der Waals surface area contributed by atoms with Gasteiger partial charge >= 0.3 is 5.82 Å². The fourth-order valence-corrected chi connectivity index (χ4v) is 1.14. The normalized spacial score (nSPS) is 9.85. The molecule has 0 aliphatic heterocycles. The van der Waals surface area contributed by atoms with Gasteiger partial charge in [-0.1, -0.05) is 0 Å². The molecule has 0 amide bonds. The monoisotopic (exact) mass is 240 g/mol. The highest BCUT2D eigenvalue weighted by Crippen LogP contribution is 2.23. The van der Waals surface area contributed by atoms with Crippen LogP contribution in [0.2, 0.25) is 0 Å². The van der Waals surface area contributed by atoms with Gasteiger partial charge in [0.2, 0.25) is 17.8 Å². The average molecular weight is 241 g/mol. The Morgan fingerprint density at radius 2 is 2.38 bits per heavy atom. The molecule has 0 spiro atoms. The number of aromatic amines is 2. The summed E-state index contributed by atoms with van der Waals surface area (Å²) in [6.45, 7) is 0. The van der Waals surface area contributed by atoms with Gasteiger partial charge in [-0.3, -0.25) is 5.10 Å². The number of nitrogens with zero attached hydrogens (tertiary/aromatic N) is 5. The molecule has 2 N–H and O–H groups in total. The fourth-order valence-electron chi connectivity index (χ4n) is 0.881. The maximum atomic E-state index is 8.54. The van der Waals surface area contributed by atoms with E-state index in [1.807, 2.05) is 0 Å². The molecule has 8 heteroatoms. The van der Waals surface area contributed by atoms with Crippen LogP contribution in [0.25, 0.3) is 16.5 Å². The zero-order valence-electron chi connectivity index (χ0n) is 6.19. The second-order valence-corrected chi connectivity index (χ2v) is 2.90. The van der Waals surface area contributed by atoms with Crippen LogP contribution in [-0.4, -0.2) is 25.1 Å². The van der Waals surface area contributed by atoms with Crippen LogP contribution in [0.15, 0.2) is 11.1 Å². The van der Waals surface area contributed by atoms with E-state index in [-0.39, 0.29) is 5.82 Å². The predicted molar refractivity (Wildman–Crippen MR) is 46.4 cm³/mol. The molecule has 0 fully saturated rings. The summed E-state index contributed by atoms with van der Waals surface area (Å²) in [5, 5.41) is 15.0. The maximum Gasteiger partial charge on any atom is 0.493 e. The predicted octanol–water partition coefficient (Wildman–Crippen LogP) is 1.44. The minimum Gasteiger partial charge on any atom is -0.314 e. The van der Waals surface area contributed by atoms with E-state index < -0.39 is 0 Å². The smallest absolute Gasteiger partial charge is 0.314 e. The number of nitrogens with one attached hydrogen (secondary N) is 2. The Hall–Kier alpha value is -1.75. The Morgan fingerprint density at radius 1 is 1.54 bits per heavy atom. The number of rotatable bonds is 1. The van der Waals surface area contributed by atoms with Crippen molar-refractivity contribution < 1.29 is 0 Å². The molecule has 2 heterocycles. The van der Waals surface area contributed by atoms with Gasteiger partial charge in [0.1, 0.15) is 0 Å². The number of hydrogen-bond donors (Lipinski definition) is 2. The molecule has 2 aromatic heterocycles. The van der Waals surface area contributed by atoms with Gasteiger partial charge in [0, 0.05) is 4.98 Å². The van der Waals surface area contributed by atoms with Crippen LogP contribution in [0.3, 0.4) is 0 Å². The lowest BCUT2D eigenvalue weighted by Gasteiger charge is -1.80. The van der Waals surface area contributed by atoms with Gasteiger partial charge < -0.3 is 4.98 Å². The first-order valence-electron chi connectivity index (χ1n) is 3.28. The van der Waals surface area contributed by atoms with Crippen LogP contribution >= 0.6 is 15.9 Å². The molecule has 0 aromatic carbocycles. The second-order valence-electron chi connectivity index (χ2n) is 2.15. The lowest BCUT2D eigenvalue weighted by Crippen LogP contribution is -1.79. The highest BCUT2D eigenvalue weighted by atomic mass is 79.9. The van der Waals surface area contributed by atoms with E-state index in [0.29, 0.717) is 16.3 Å². The first-order valence-corrected chi connectivity index (χ1v) is 4.07. The van der Waals surface area contributed by atoms with Crippen LogP contribution in [0.4, 0.5) is 5.82 Å². The summed E-state index contributed by atoms with van der Waals surface area (Å²) in [6, 6.07) is 0. The number of hydrogen-bond acceptors (Lipinski definition) is 4. The zero-order valence-corrected chi connectivity index (χ0v) is 7.78. The molecule has 0 aliphatic carbocycles. The first kappa shape index (κ1) is 7.88. The summed E-state index contributed by atoms with van der Waals surface area (Å²) in [7, 11) is 0. The van der Waals surface area contributed by atoms with E-state index in [1.54, 1.807) is 0 Å². The van der Waals surface area contributed by atoms with Crippen LogP contribution in [0, 0.1) is 5.39 Å². The van der Waals surface area contributed by atoms with Gasteiger partial charge in [-0.2, -0.15) is 10.1 Å². The molecular weight excluding hydrogens is 238 g/mol. The quantitative estimate of drug-likeness (QED) is 0.738.